The van der Waals surface area contributed by atoms with E-state index < -0.39 is 0 Å². The van der Waals surface area contributed by atoms with Crippen molar-refractivity contribution in [2.75, 3.05) is 33.9 Å². The predicted octanol–water partition coefficient (Wildman–Crippen LogP) is 0.340. The lowest BCUT2D eigenvalue weighted by atomic mass is 9.65. The summed E-state index contributed by atoms with van der Waals surface area (Å²) >= 11 is 0. The van der Waals surface area contributed by atoms with Crippen molar-refractivity contribution in [2.24, 2.45) is 18.9 Å². The molecular weight excluding hydrogens is 396 g/mol. The Morgan fingerprint density at radius 2 is 2.16 bits per heavy atom. The zero-order chi connectivity index (χ0) is 21.3. The van der Waals surface area contributed by atoms with E-state index in [2.05, 4.69) is 26.8 Å². The van der Waals surface area contributed by atoms with Crippen LogP contribution in [0, 0.1) is 11.8 Å². The van der Waals surface area contributed by atoms with Crippen molar-refractivity contribution in [1.29, 1.82) is 0 Å². The number of nitrogens with one attached hydrogen (secondary N) is 2. The number of hydrogen-bond donors (Lipinski definition) is 2. The van der Waals surface area contributed by atoms with E-state index in [9.17, 15) is 4.79 Å². The summed E-state index contributed by atoms with van der Waals surface area (Å²) in [6.07, 6.45) is 7.30. The molecule has 4 aliphatic heterocycles. The molecule has 170 valence electrons. The molecule has 5 aliphatic rings. The summed E-state index contributed by atoms with van der Waals surface area (Å²) in [6, 6.07) is 0.737. The lowest BCUT2D eigenvalue weighted by Crippen LogP contribution is -2.71. The lowest BCUT2D eigenvalue weighted by Gasteiger charge is -2.56. The Labute approximate surface area is 183 Å². The number of rotatable bonds is 2. The maximum absolute atomic E-state index is 13.5. The Morgan fingerprint density at radius 3 is 2.94 bits per heavy atom. The highest BCUT2D eigenvalue weighted by atomic mass is 16.5. The van der Waals surface area contributed by atoms with Crippen molar-refractivity contribution in [3.63, 3.8) is 0 Å². The molecule has 9 unspecified atom stereocenters. The molecule has 1 aromatic rings. The van der Waals surface area contributed by atoms with Gasteiger partial charge in [-0.15, -0.1) is 0 Å². The minimum Gasteiger partial charge on any atom is -0.381 e. The number of aryl methyl sites for hydroxylation is 1. The number of likely N-dealkylation sites (N-methyl/N-ethyl adjacent to an activating group) is 1. The fourth-order valence-electron chi connectivity index (χ4n) is 7.18. The third-order valence-electron chi connectivity index (χ3n) is 8.57. The number of piperidine rings is 2. The Kier molecular flexibility index (Phi) is 4.79. The first-order valence-electron chi connectivity index (χ1n) is 11.7. The van der Waals surface area contributed by atoms with Crippen molar-refractivity contribution in [3.8, 4) is 0 Å². The van der Waals surface area contributed by atoms with Crippen molar-refractivity contribution in [1.82, 2.24) is 30.2 Å². The van der Waals surface area contributed by atoms with Gasteiger partial charge in [-0.2, -0.15) is 5.10 Å². The van der Waals surface area contributed by atoms with Gasteiger partial charge >= 0.3 is 6.03 Å². The van der Waals surface area contributed by atoms with Crippen LogP contribution in [0.3, 0.4) is 0 Å². The van der Waals surface area contributed by atoms with Crippen molar-refractivity contribution in [3.05, 3.63) is 18.0 Å². The molecule has 2 N–H and O–H groups in total. The first-order chi connectivity index (χ1) is 15.1. The van der Waals surface area contributed by atoms with Crippen LogP contribution < -0.4 is 10.6 Å². The summed E-state index contributed by atoms with van der Waals surface area (Å²) in [4.78, 5) is 17.7. The van der Waals surface area contributed by atoms with Crippen LogP contribution >= 0.6 is 0 Å². The minimum atomic E-state index is -0.0159. The molecule has 9 nitrogen and oxygen atoms in total. The molecule has 9 atom stereocenters. The van der Waals surface area contributed by atoms with E-state index in [1.807, 2.05) is 37.0 Å². The van der Waals surface area contributed by atoms with Gasteiger partial charge in [0.05, 0.1) is 43.3 Å². The molecule has 4 saturated heterocycles. The average Bonchev–Trinajstić information content (AvgIpc) is 3.31. The second kappa shape index (κ2) is 7.43. The summed E-state index contributed by atoms with van der Waals surface area (Å²) in [6.45, 7) is 2.46. The number of nitrogens with zero attached hydrogens (tertiary/aromatic N) is 4. The number of urea groups is 1. The number of aromatic nitrogens is 2. The summed E-state index contributed by atoms with van der Waals surface area (Å²) < 4.78 is 14.7. The zero-order valence-electron chi connectivity index (χ0n) is 18.6. The van der Waals surface area contributed by atoms with Gasteiger partial charge in [-0.1, -0.05) is 0 Å². The fraction of sp³-hybridized carbons (Fsp3) is 0.818. The molecule has 1 aromatic heterocycles. The smallest absolute Gasteiger partial charge is 0.321 e. The highest BCUT2D eigenvalue weighted by molar-refractivity contribution is 5.78. The quantitative estimate of drug-likeness (QED) is 0.704. The van der Waals surface area contributed by atoms with Gasteiger partial charge in [0.15, 0.2) is 0 Å². The lowest BCUT2D eigenvalue weighted by molar-refractivity contribution is -0.150. The third-order valence-corrected chi connectivity index (χ3v) is 8.57. The van der Waals surface area contributed by atoms with E-state index in [0.29, 0.717) is 12.5 Å². The van der Waals surface area contributed by atoms with Gasteiger partial charge < -0.3 is 24.6 Å². The van der Waals surface area contributed by atoms with Crippen molar-refractivity contribution >= 4 is 6.03 Å². The highest BCUT2D eigenvalue weighted by Gasteiger charge is 2.61. The summed E-state index contributed by atoms with van der Waals surface area (Å²) in [5, 5.41) is 11.9. The monoisotopic (exact) mass is 430 g/mol. The van der Waals surface area contributed by atoms with Crippen LogP contribution in [0.25, 0.3) is 0 Å². The molecule has 1 aliphatic carbocycles. The summed E-state index contributed by atoms with van der Waals surface area (Å²) in [5.41, 5.74) is 1.17. The van der Waals surface area contributed by atoms with Gasteiger partial charge in [-0.3, -0.25) is 10.00 Å². The molecule has 0 radical (unpaired) electrons. The van der Waals surface area contributed by atoms with Gasteiger partial charge in [-0.05, 0) is 31.4 Å². The number of amides is 2. The van der Waals surface area contributed by atoms with Crippen LogP contribution in [0.4, 0.5) is 4.79 Å². The number of fused-ring (bicyclic) bond motifs is 2. The summed E-state index contributed by atoms with van der Waals surface area (Å²) in [7, 11) is 5.73. The van der Waals surface area contributed by atoms with Crippen LogP contribution in [-0.4, -0.2) is 96.0 Å². The number of carbonyl (C=O) groups is 1. The standard InChI is InChI=1S/C22H34N6O3/c1-26-10-13(8-25-26)17-16(30-3)7-14-18-19-15(9-24-14)27(2)22(29)28(19)21-12(5-4-6-23-21)11-31-20(17)18/h8,10,12,14-21,23-24H,4-7,9,11H2,1-3H3. The van der Waals surface area contributed by atoms with Gasteiger partial charge in [0.1, 0.15) is 0 Å². The molecular formula is C22H34N6O3. The van der Waals surface area contributed by atoms with E-state index in [0.717, 1.165) is 32.4 Å². The van der Waals surface area contributed by atoms with E-state index in [4.69, 9.17) is 9.47 Å². The molecule has 0 spiro atoms. The SMILES string of the molecule is COC1CC2NCC3C4C2C(OCC2CCCNC2N4C(=O)N3C)C1c1cnn(C)c1. The van der Waals surface area contributed by atoms with Crippen molar-refractivity contribution < 1.29 is 14.3 Å². The van der Waals surface area contributed by atoms with Gasteiger partial charge in [-0.25, -0.2) is 4.79 Å². The van der Waals surface area contributed by atoms with E-state index in [1.54, 1.807) is 0 Å². The molecule has 9 heteroatoms. The van der Waals surface area contributed by atoms with Crippen LogP contribution in [0.5, 0.6) is 0 Å². The molecule has 0 bridgehead atoms. The number of ether oxygens (including phenoxy) is 2. The van der Waals surface area contributed by atoms with Gasteiger partial charge in [0.2, 0.25) is 0 Å². The first-order valence-corrected chi connectivity index (χ1v) is 11.7. The molecule has 5 fully saturated rings. The topological polar surface area (TPSA) is 83.9 Å². The minimum absolute atomic E-state index is 0.0159. The van der Waals surface area contributed by atoms with E-state index in [-0.39, 0.29) is 54.4 Å². The second-order valence-corrected chi connectivity index (χ2v) is 10.0. The molecule has 1 saturated carbocycles. The maximum Gasteiger partial charge on any atom is 0.321 e. The Balaban J connectivity index is 1.46. The maximum atomic E-state index is 13.5. The normalized spacial score (nSPS) is 44.5. The van der Waals surface area contributed by atoms with Crippen LogP contribution in [0.1, 0.15) is 30.7 Å². The Bertz CT molecular complexity index is 847. The predicted molar refractivity (Wildman–Crippen MR) is 113 cm³/mol. The average molecular weight is 431 g/mol. The first kappa shape index (κ1) is 20.0. The number of carbonyl (C=O) groups excluding carboxylic acids is 1. The Hall–Kier alpha value is -1.68. The highest BCUT2D eigenvalue weighted by Crippen LogP contribution is 2.48. The Morgan fingerprint density at radius 1 is 1.29 bits per heavy atom. The van der Waals surface area contributed by atoms with Crippen LogP contribution in [0.2, 0.25) is 0 Å². The van der Waals surface area contributed by atoms with Crippen LogP contribution in [-0.2, 0) is 16.5 Å². The number of methoxy groups -OCH3 is 1. The largest absolute Gasteiger partial charge is 0.381 e. The number of hydrogen-bond acceptors (Lipinski definition) is 6. The zero-order valence-corrected chi connectivity index (χ0v) is 18.6. The van der Waals surface area contributed by atoms with Gasteiger partial charge in [0.25, 0.3) is 0 Å². The molecule has 2 amide bonds. The van der Waals surface area contributed by atoms with E-state index in [1.165, 1.54) is 5.56 Å². The second-order valence-electron chi connectivity index (χ2n) is 10.0. The molecule has 0 aromatic carbocycles. The van der Waals surface area contributed by atoms with Gasteiger partial charge in [0, 0.05) is 57.7 Å². The van der Waals surface area contributed by atoms with E-state index >= 15 is 0 Å². The van der Waals surface area contributed by atoms with Crippen LogP contribution in [0.15, 0.2) is 12.4 Å². The summed E-state index contributed by atoms with van der Waals surface area (Å²) in [5.74, 6) is 0.641. The molecule has 5 heterocycles. The third kappa shape index (κ3) is 2.90. The molecule has 6 rings (SSSR count). The van der Waals surface area contributed by atoms with Crippen molar-refractivity contribution in [2.45, 2.75) is 61.7 Å². The molecule has 31 heavy (non-hydrogen) atoms. The fourth-order valence-corrected chi connectivity index (χ4v) is 7.18.